The number of anilines is 1. The summed E-state index contributed by atoms with van der Waals surface area (Å²) in [5.74, 6) is 0.167. The molecule has 1 heterocycles. The monoisotopic (exact) mass is 301 g/mol. The van der Waals surface area contributed by atoms with Gasteiger partial charge in [0.2, 0.25) is 0 Å². The molecule has 0 spiro atoms. The highest BCUT2D eigenvalue weighted by Crippen LogP contribution is 2.46. The summed E-state index contributed by atoms with van der Waals surface area (Å²) in [6.07, 6.45) is 4.26. The number of ether oxygens (including phenoxy) is 1. The second-order valence-electron chi connectivity index (χ2n) is 6.65. The highest BCUT2D eigenvalue weighted by atomic mass is 16.6. The van der Waals surface area contributed by atoms with Gasteiger partial charge in [0.15, 0.2) is 0 Å². The van der Waals surface area contributed by atoms with Gasteiger partial charge in [-0.15, -0.1) is 0 Å². The number of carboxylic acid groups (broad SMARTS) is 1. The molecule has 1 aliphatic heterocycles. The Morgan fingerprint density at radius 2 is 2.00 bits per heavy atom. The molecule has 2 bridgehead atoms. The van der Waals surface area contributed by atoms with Crippen LogP contribution in [-0.4, -0.2) is 29.3 Å². The second kappa shape index (κ2) is 5.00. The molecule has 1 amide bonds. The van der Waals surface area contributed by atoms with Gasteiger partial charge in [0.05, 0.1) is 5.69 Å². The summed E-state index contributed by atoms with van der Waals surface area (Å²) in [6.45, 7) is 0. The Bertz CT molecular complexity index is 629. The van der Waals surface area contributed by atoms with Gasteiger partial charge in [-0.2, -0.15) is 0 Å². The van der Waals surface area contributed by atoms with Gasteiger partial charge in [0.25, 0.3) is 0 Å². The van der Waals surface area contributed by atoms with Crippen LogP contribution < -0.4 is 4.90 Å². The first-order valence-corrected chi connectivity index (χ1v) is 7.94. The minimum absolute atomic E-state index is 0.0338. The van der Waals surface area contributed by atoms with E-state index < -0.39 is 18.1 Å². The fraction of sp³-hybridized carbons (Fsp3) is 0.529. The normalized spacial score (nSPS) is 32.1. The van der Waals surface area contributed by atoms with Crippen molar-refractivity contribution < 1.29 is 19.4 Å². The van der Waals surface area contributed by atoms with Gasteiger partial charge in [-0.25, -0.2) is 9.59 Å². The van der Waals surface area contributed by atoms with Crippen LogP contribution >= 0.6 is 0 Å². The standard InChI is InChI=1S/C17H19NO4/c19-16(20)14-9-11-3-1-2-4-13(11)18(14)17(21)22-15-8-10-5-6-12(15)7-10/h1-4,10,12,14-15H,5-9H2,(H,19,20)/t10?,12?,14-,15?/m1/s1. The predicted octanol–water partition coefficient (Wildman–Crippen LogP) is 2.83. The van der Waals surface area contributed by atoms with Crippen LogP contribution in [0.4, 0.5) is 10.5 Å². The molecule has 2 fully saturated rings. The zero-order valence-corrected chi connectivity index (χ0v) is 12.3. The largest absolute Gasteiger partial charge is 0.480 e. The number of fused-ring (bicyclic) bond motifs is 3. The van der Waals surface area contributed by atoms with Crippen LogP contribution in [0.5, 0.6) is 0 Å². The summed E-state index contributed by atoms with van der Waals surface area (Å²) >= 11 is 0. The third kappa shape index (κ3) is 2.07. The lowest BCUT2D eigenvalue weighted by Crippen LogP contribution is -2.44. The Kier molecular flexibility index (Phi) is 3.10. The van der Waals surface area contributed by atoms with E-state index in [0.717, 1.165) is 24.8 Å². The molecular formula is C17H19NO4. The number of hydrogen-bond acceptors (Lipinski definition) is 3. The number of para-hydroxylation sites is 1. The van der Waals surface area contributed by atoms with Crippen molar-refractivity contribution in [3.05, 3.63) is 29.8 Å². The molecule has 116 valence electrons. The molecule has 5 heteroatoms. The van der Waals surface area contributed by atoms with Crippen molar-refractivity contribution in [1.29, 1.82) is 0 Å². The molecule has 0 radical (unpaired) electrons. The van der Waals surface area contributed by atoms with E-state index in [1.54, 1.807) is 6.07 Å². The van der Waals surface area contributed by atoms with Crippen molar-refractivity contribution in [3.8, 4) is 0 Å². The van der Waals surface area contributed by atoms with Gasteiger partial charge >= 0.3 is 12.1 Å². The maximum absolute atomic E-state index is 12.6. The van der Waals surface area contributed by atoms with Crippen LogP contribution in [0.15, 0.2) is 24.3 Å². The van der Waals surface area contributed by atoms with E-state index in [-0.39, 0.29) is 6.10 Å². The molecule has 5 nitrogen and oxygen atoms in total. The van der Waals surface area contributed by atoms with Crippen LogP contribution in [-0.2, 0) is 16.0 Å². The van der Waals surface area contributed by atoms with Crippen molar-refractivity contribution in [1.82, 2.24) is 0 Å². The smallest absolute Gasteiger partial charge is 0.415 e. The molecule has 3 unspecified atom stereocenters. The fourth-order valence-corrected chi connectivity index (χ4v) is 4.33. The number of carbonyl (C=O) groups excluding carboxylic acids is 1. The van der Waals surface area contributed by atoms with Crippen molar-refractivity contribution in [3.63, 3.8) is 0 Å². The molecule has 0 aromatic heterocycles. The Balaban J connectivity index is 1.56. The van der Waals surface area contributed by atoms with Crippen LogP contribution in [0.25, 0.3) is 0 Å². The van der Waals surface area contributed by atoms with Gasteiger partial charge in [-0.3, -0.25) is 4.90 Å². The molecule has 3 aliphatic rings. The van der Waals surface area contributed by atoms with Crippen LogP contribution in [0, 0.1) is 11.8 Å². The van der Waals surface area contributed by atoms with E-state index >= 15 is 0 Å². The lowest BCUT2D eigenvalue weighted by atomic mass is 9.98. The topological polar surface area (TPSA) is 66.8 Å². The van der Waals surface area contributed by atoms with Gasteiger partial charge in [-0.05, 0) is 49.1 Å². The van der Waals surface area contributed by atoms with E-state index in [1.165, 1.54) is 11.3 Å². The molecule has 0 saturated heterocycles. The zero-order chi connectivity index (χ0) is 15.3. The number of carboxylic acids is 1. The summed E-state index contributed by atoms with van der Waals surface area (Å²) in [4.78, 5) is 25.4. The second-order valence-corrected chi connectivity index (χ2v) is 6.65. The van der Waals surface area contributed by atoms with Crippen LogP contribution in [0.1, 0.15) is 31.2 Å². The van der Waals surface area contributed by atoms with Crippen molar-refractivity contribution >= 4 is 17.7 Å². The summed E-state index contributed by atoms with van der Waals surface area (Å²) < 4.78 is 5.69. The predicted molar refractivity (Wildman–Crippen MR) is 79.8 cm³/mol. The quantitative estimate of drug-likeness (QED) is 0.912. The van der Waals surface area contributed by atoms with Gasteiger partial charge in [-0.1, -0.05) is 18.2 Å². The molecule has 1 N–H and O–H groups in total. The molecule has 1 aromatic rings. The first-order chi connectivity index (χ1) is 10.6. The summed E-state index contributed by atoms with van der Waals surface area (Å²) in [7, 11) is 0. The number of hydrogen-bond donors (Lipinski definition) is 1. The van der Waals surface area contributed by atoms with Crippen LogP contribution in [0.2, 0.25) is 0 Å². The van der Waals surface area contributed by atoms with E-state index in [1.807, 2.05) is 18.2 Å². The molecule has 2 aliphatic carbocycles. The van der Waals surface area contributed by atoms with E-state index in [2.05, 4.69) is 0 Å². The number of amides is 1. The molecule has 1 aromatic carbocycles. The third-order valence-corrected chi connectivity index (χ3v) is 5.38. The number of benzene rings is 1. The lowest BCUT2D eigenvalue weighted by molar-refractivity contribution is -0.138. The first-order valence-electron chi connectivity index (χ1n) is 7.94. The van der Waals surface area contributed by atoms with E-state index in [4.69, 9.17) is 4.74 Å². The Morgan fingerprint density at radius 1 is 1.18 bits per heavy atom. The van der Waals surface area contributed by atoms with Crippen LogP contribution in [0.3, 0.4) is 0 Å². The average molecular weight is 301 g/mol. The molecule has 22 heavy (non-hydrogen) atoms. The van der Waals surface area contributed by atoms with Crippen molar-refractivity contribution in [2.75, 3.05) is 4.90 Å². The van der Waals surface area contributed by atoms with Gasteiger partial charge in [0, 0.05) is 6.42 Å². The Hall–Kier alpha value is -2.04. The minimum Gasteiger partial charge on any atom is -0.480 e. The number of nitrogens with zero attached hydrogens (tertiary/aromatic N) is 1. The third-order valence-electron chi connectivity index (χ3n) is 5.38. The molecular weight excluding hydrogens is 282 g/mol. The Labute approximate surface area is 128 Å². The number of carbonyl (C=O) groups is 2. The average Bonchev–Trinajstić information content (AvgIpc) is 3.19. The Morgan fingerprint density at radius 3 is 2.68 bits per heavy atom. The molecule has 4 rings (SSSR count). The highest BCUT2D eigenvalue weighted by molar-refractivity contribution is 5.98. The SMILES string of the molecule is O=C(O)[C@H]1Cc2ccccc2N1C(=O)OC1CC2CCC1C2. The van der Waals surface area contributed by atoms with Crippen molar-refractivity contribution in [2.45, 2.75) is 44.2 Å². The van der Waals surface area contributed by atoms with Gasteiger partial charge < -0.3 is 9.84 Å². The summed E-state index contributed by atoms with van der Waals surface area (Å²) in [5.41, 5.74) is 1.56. The van der Waals surface area contributed by atoms with E-state index in [9.17, 15) is 14.7 Å². The lowest BCUT2D eigenvalue weighted by Gasteiger charge is -2.27. The maximum atomic E-state index is 12.6. The summed E-state index contributed by atoms with van der Waals surface area (Å²) in [5, 5.41) is 9.42. The zero-order valence-electron chi connectivity index (χ0n) is 12.3. The summed E-state index contributed by atoms with van der Waals surface area (Å²) in [6, 6.07) is 6.49. The number of rotatable bonds is 2. The van der Waals surface area contributed by atoms with Gasteiger partial charge in [0.1, 0.15) is 12.1 Å². The fourth-order valence-electron chi connectivity index (χ4n) is 4.33. The number of aliphatic carboxylic acids is 1. The molecule has 2 saturated carbocycles. The van der Waals surface area contributed by atoms with Crippen molar-refractivity contribution in [2.24, 2.45) is 11.8 Å². The first kappa shape index (κ1) is 13.6. The van der Waals surface area contributed by atoms with E-state index in [0.29, 0.717) is 23.9 Å². The highest BCUT2D eigenvalue weighted by Gasteiger charge is 2.45. The minimum atomic E-state index is -0.985. The molecule has 4 atom stereocenters. The maximum Gasteiger partial charge on any atom is 0.415 e.